The summed E-state index contributed by atoms with van der Waals surface area (Å²) in [6.45, 7) is 2.59. The molecule has 0 amide bonds. The lowest BCUT2D eigenvalue weighted by atomic mass is 9.99. The van der Waals surface area contributed by atoms with Crippen molar-refractivity contribution in [1.29, 1.82) is 0 Å². The van der Waals surface area contributed by atoms with Gasteiger partial charge < -0.3 is 14.8 Å². The minimum absolute atomic E-state index is 0.264. The molecule has 34 heavy (non-hydrogen) atoms. The van der Waals surface area contributed by atoms with Gasteiger partial charge in [0.1, 0.15) is 5.82 Å². The molecule has 2 aromatic carbocycles. The number of unbranched alkanes of at least 4 members (excludes halogenated alkanes) is 1. The number of aryl methyl sites for hydroxylation is 1. The molecule has 2 N–H and O–H groups in total. The second kappa shape index (κ2) is 10.5. The van der Waals surface area contributed by atoms with Gasteiger partial charge in [-0.25, -0.2) is 14.6 Å². The highest BCUT2D eigenvalue weighted by molar-refractivity contribution is 7.09. The molecule has 4 rings (SSSR count). The summed E-state index contributed by atoms with van der Waals surface area (Å²) in [5, 5.41) is 22.9. The molecule has 0 aliphatic heterocycles. The Hall–Kier alpha value is -3.71. The quantitative estimate of drug-likeness (QED) is 0.279. The summed E-state index contributed by atoms with van der Waals surface area (Å²) in [6, 6.07) is 14.8. The predicted molar refractivity (Wildman–Crippen MR) is 134 cm³/mol. The van der Waals surface area contributed by atoms with E-state index in [4.69, 9.17) is 0 Å². The fourth-order valence-corrected chi connectivity index (χ4v) is 4.81. The average Bonchev–Trinajstić information content (AvgIpc) is 3.47. The number of rotatable bonds is 10. The Morgan fingerprint density at radius 3 is 2.53 bits per heavy atom. The fourth-order valence-electron chi connectivity index (χ4n) is 4.09. The van der Waals surface area contributed by atoms with E-state index in [0.717, 1.165) is 46.6 Å². The highest BCUT2D eigenvalue weighted by Gasteiger charge is 2.16. The molecule has 0 spiro atoms. The van der Waals surface area contributed by atoms with Crippen molar-refractivity contribution in [3.05, 3.63) is 93.2 Å². The number of fused-ring (bicyclic) bond motifs is 1. The minimum Gasteiger partial charge on any atom is -0.478 e. The molecule has 0 fully saturated rings. The smallest absolute Gasteiger partial charge is 0.336 e. The van der Waals surface area contributed by atoms with Crippen LogP contribution in [0, 0.1) is 0 Å². The molecule has 0 bridgehead atoms. The zero-order valence-corrected chi connectivity index (χ0v) is 19.7. The molecule has 0 saturated carbocycles. The van der Waals surface area contributed by atoms with Crippen LogP contribution in [0.5, 0.6) is 0 Å². The summed E-state index contributed by atoms with van der Waals surface area (Å²) in [6.07, 6.45) is 6.56. The molecule has 0 unspecified atom stereocenters. The summed E-state index contributed by atoms with van der Waals surface area (Å²) < 4.78 is 2.05. The summed E-state index contributed by atoms with van der Waals surface area (Å²) in [5.41, 5.74) is 2.25. The van der Waals surface area contributed by atoms with Gasteiger partial charge in [0.25, 0.3) is 0 Å². The topological polar surface area (TPSA) is 92.4 Å². The van der Waals surface area contributed by atoms with E-state index in [0.29, 0.717) is 23.9 Å². The van der Waals surface area contributed by atoms with Crippen LogP contribution < -0.4 is 0 Å². The van der Waals surface area contributed by atoms with Gasteiger partial charge in [-0.1, -0.05) is 49.7 Å². The second-order valence-electron chi connectivity index (χ2n) is 8.14. The van der Waals surface area contributed by atoms with Gasteiger partial charge in [0.15, 0.2) is 0 Å². The molecular weight excluding hydrogens is 448 g/mol. The van der Waals surface area contributed by atoms with E-state index in [1.165, 1.54) is 11.3 Å². The Balaban J connectivity index is 1.78. The lowest BCUT2D eigenvalue weighted by Gasteiger charge is -2.14. The molecule has 6 nitrogen and oxygen atoms in total. The van der Waals surface area contributed by atoms with Crippen molar-refractivity contribution in [3.63, 3.8) is 0 Å². The third kappa shape index (κ3) is 5.10. The van der Waals surface area contributed by atoms with Crippen molar-refractivity contribution in [3.8, 4) is 0 Å². The van der Waals surface area contributed by atoms with E-state index in [-0.39, 0.29) is 5.56 Å². The summed E-state index contributed by atoms with van der Waals surface area (Å²) >= 11 is 1.53. The SMILES string of the molecule is CCCCc1ncc(C=C(Cc2cccs2)C(=O)O)n1Cc1ccc(C(=O)O)c2ccccc12. The van der Waals surface area contributed by atoms with E-state index in [9.17, 15) is 19.8 Å². The normalized spacial score (nSPS) is 11.7. The molecule has 0 saturated heterocycles. The molecule has 0 aliphatic rings. The van der Waals surface area contributed by atoms with Gasteiger partial charge in [0, 0.05) is 29.8 Å². The van der Waals surface area contributed by atoms with Crippen molar-refractivity contribution in [1.82, 2.24) is 9.55 Å². The van der Waals surface area contributed by atoms with Crippen LogP contribution in [0.25, 0.3) is 16.8 Å². The Morgan fingerprint density at radius 2 is 1.85 bits per heavy atom. The number of thiophene rings is 1. The van der Waals surface area contributed by atoms with Crippen molar-refractivity contribution in [2.75, 3.05) is 0 Å². The molecule has 174 valence electrons. The summed E-state index contributed by atoms with van der Waals surface area (Å²) in [5.74, 6) is -1.02. The van der Waals surface area contributed by atoms with Gasteiger partial charge in [-0.05, 0) is 46.3 Å². The van der Waals surface area contributed by atoms with E-state index >= 15 is 0 Å². The summed E-state index contributed by atoms with van der Waals surface area (Å²) in [7, 11) is 0. The Kier molecular flexibility index (Phi) is 7.23. The maximum atomic E-state index is 12.0. The number of carboxylic acids is 2. The van der Waals surface area contributed by atoms with Crippen LogP contribution in [0.15, 0.2) is 65.7 Å². The molecular formula is C27H26N2O4S. The van der Waals surface area contributed by atoms with Crippen LogP contribution in [-0.2, 0) is 24.2 Å². The first-order valence-corrected chi connectivity index (χ1v) is 12.1. The van der Waals surface area contributed by atoms with E-state index in [1.807, 2.05) is 47.8 Å². The number of aromatic nitrogens is 2. The lowest BCUT2D eigenvalue weighted by Crippen LogP contribution is -2.10. The molecule has 7 heteroatoms. The predicted octanol–water partition coefficient (Wildman–Crippen LogP) is 5.90. The minimum atomic E-state index is -0.961. The Morgan fingerprint density at radius 1 is 1.06 bits per heavy atom. The van der Waals surface area contributed by atoms with Crippen LogP contribution in [0.4, 0.5) is 0 Å². The highest BCUT2D eigenvalue weighted by Crippen LogP contribution is 2.26. The van der Waals surface area contributed by atoms with Crippen molar-refractivity contribution >= 4 is 40.1 Å². The maximum Gasteiger partial charge on any atom is 0.336 e. The number of hydrogen-bond acceptors (Lipinski definition) is 4. The fraction of sp³-hybridized carbons (Fsp3) is 0.222. The van der Waals surface area contributed by atoms with E-state index < -0.39 is 11.9 Å². The van der Waals surface area contributed by atoms with Gasteiger partial charge in [-0.3, -0.25) is 0 Å². The highest BCUT2D eigenvalue weighted by atomic mass is 32.1. The number of aliphatic carboxylic acids is 1. The number of carbonyl (C=O) groups is 2. The van der Waals surface area contributed by atoms with Crippen LogP contribution in [0.3, 0.4) is 0 Å². The van der Waals surface area contributed by atoms with Crippen molar-refractivity contribution in [2.45, 2.75) is 39.2 Å². The number of aromatic carboxylic acids is 1. The molecule has 2 heterocycles. The molecule has 2 aromatic heterocycles. The van der Waals surface area contributed by atoms with Gasteiger partial charge in [-0.2, -0.15) is 0 Å². The zero-order chi connectivity index (χ0) is 24.1. The number of benzene rings is 2. The van der Waals surface area contributed by atoms with Crippen LogP contribution in [0.2, 0.25) is 0 Å². The Labute approximate surface area is 201 Å². The second-order valence-corrected chi connectivity index (χ2v) is 9.18. The number of imidazole rings is 1. The van der Waals surface area contributed by atoms with E-state index in [2.05, 4.69) is 16.5 Å². The maximum absolute atomic E-state index is 12.0. The first-order chi connectivity index (χ1) is 16.5. The van der Waals surface area contributed by atoms with Gasteiger partial charge in [0.05, 0.1) is 17.5 Å². The monoisotopic (exact) mass is 474 g/mol. The molecule has 0 atom stereocenters. The Bertz CT molecular complexity index is 1350. The van der Waals surface area contributed by atoms with Crippen molar-refractivity contribution in [2.24, 2.45) is 0 Å². The third-order valence-corrected chi connectivity index (χ3v) is 6.71. The molecule has 0 aliphatic carbocycles. The number of nitrogens with zero attached hydrogens (tertiary/aromatic N) is 2. The number of carboxylic acid groups (broad SMARTS) is 2. The van der Waals surface area contributed by atoms with Gasteiger partial charge in [-0.15, -0.1) is 11.3 Å². The van der Waals surface area contributed by atoms with Crippen LogP contribution in [0.1, 0.15) is 52.1 Å². The standard InChI is InChI=1S/C27H26N2O4S/c1-2-3-10-25-28-16-20(14-19(26(30)31)15-21-7-6-13-34-21)29(25)17-18-11-12-24(27(32)33)23-9-5-4-8-22(18)23/h4-9,11-14,16H,2-3,10,15,17H2,1H3,(H,30,31)(H,32,33). The first kappa shape index (κ1) is 23.4. The zero-order valence-electron chi connectivity index (χ0n) is 18.9. The average molecular weight is 475 g/mol. The molecule has 4 aromatic rings. The lowest BCUT2D eigenvalue weighted by molar-refractivity contribution is -0.132. The number of hydrogen-bond donors (Lipinski definition) is 2. The van der Waals surface area contributed by atoms with Crippen molar-refractivity contribution < 1.29 is 19.8 Å². The van der Waals surface area contributed by atoms with E-state index in [1.54, 1.807) is 18.3 Å². The first-order valence-electron chi connectivity index (χ1n) is 11.2. The van der Waals surface area contributed by atoms with Crippen LogP contribution >= 0.6 is 11.3 Å². The summed E-state index contributed by atoms with van der Waals surface area (Å²) in [4.78, 5) is 29.3. The van der Waals surface area contributed by atoms with Crippen LogP contribution in [-0.4, -0.2) is 31.7 Å². The third-order valence-electron chi connectivity index (χ3n) is 5.84. The van der Waals surface area contributed by atoms with Gasteiger partial charge in [0.2, 0.25) is 0 Å². The van der Waals surface area contributed by atoms with Gasteiger partial charge >= 0.3 is 11.9 Å². The molecule has 0 radical (unpaired) electrons. The largest absolute Gasteiger partial charge is 0.478 e.